The van der Waals surface area contributed by atoms with E-state index in [4.69, 9.17) is 9.47 Å². The third-order valence-corrected chi connectivity index (χ3v) is 4.59. The molecular weight excluding hydrogens is 318 g/mol. The van der Waals surface area contributed by atoms with Gasteiger partial charge in [0.2, 0.25) is 5.91 Å². The average molecular weight is 339 g/mol. The number of ether oxygens (including phenoxy) is 2. The Bertz CT molecular complexity index is 828. The van der Waals surface area contributed by atoms with Gasteiger partial charge in [0.25, 0.3) is 0 Å². The SMILES string of the molecule is COC(=O)c1cc(NC(=O)C2COc3ccccc3C2)cc(C)c1C. The molecule has 3 rings (SSSR count). The Kier molecular flexibility index (Phi) is 4.74. The number of hydrogen-bond acceptors (Lipinski definition) is 4. The lowest BCUT2D eigenvalue weighted by Crippen LogP contribution is -2.32. The number of carbonyl (C=O) groups is 2. The highest BCUT2D eigenvalue weighted by molar-refractivity contribution is 5.97. The van der Waals surface area contributed by atoms with Crippen LogP contribution in [-0.2, 0) is 16.0 Å². The number of fused-ring (bicyclic) bond motifs is 1. The van der Waals surface area contributed by atoms with Crippen molar-refractivity contribution in [2.75, 3.05) is 19.0 Å². The van der Waals surface area contributed by atoms with Gasteiger partial charge in [-0.15, -0.1) is 0 Å². The van der Waals surface area contributed by atoms with Crippen molar-refractivity contribution in [3.05, 3.63) is 58.7 Å². The van der Waals surface area contributed by atoms with E-state index in [1.807, 2.05) is 44.2 Å². The van der Waals surface area contributed by atoms with Crippen molar-refractivity contribution < 1.29 is 19.1 Å². The minimum Gasteiger partial charge on any atom is -0.492 e. The first-order valence-corrected chi connectivity index (χ1v) is 8.20. The lowest BCUT2D eigenvalue weighted by molar-refractivity contribution is -0.121. The number of esters is 1. The normalized spacial score (nSPS) is 15.7. The molecule has 0 saturated heterocycles. The number of para-hydroxylation sites is 1. The zero-order chi connectivity index (χ0) is 18.0. The van der Waals surface area contributed by atoms with Crippen molar-refractivity contribution in [3.63, 3.8) is 0 Å². The van der Waals surface area contributed by atoms with Gasteiger partial charge >= 0.3 is 5.97 Å². The number of nitrogens with one attached hydrogen (secondary N) is 1. The van der Waals surface area contributed by atoms with E-state index in [-0.39, 0.29) is 11.8 Å². The maximum absolute atomic E-state index is 12.6. The van der Waals surface area contributed by atoms with Crippen LogP contribution in [0, 0.1) is 19.8 Å². The summed E-state index contributed by atoms with van der Waals surface area (Å²) in [6.45, 7) is 4.11. The summed E-state index contributed by atoms with van der Waals surface area (Å²) in [5.41, 5.74) is 3.85. The second-order valence-electron chi connectivity index (χ2n) is 6.27. The van der Waals surface area contributed by atoms with E-state index in [1.54, 1.807) is 6.07 Å². The second kappa shape index (κ2) is 6.97. The molecular formula is C20H21NO4. The van der Waals surface area contributed by atoms with E-state index in [1.165, 1.54) is 7.11 Å². The molecule has 1 unspecified atom stereocenters. The molecule has 0 bridgehead atoms. The highest BCUT2D eigenvalue weighted by atomic mass is 16.5. The highest BCUT2D eigenvalue weighted by Crippen LogP contribution is 2.28. The molecule has 5 heteroatoms. The first-order chi connectivity index (χ1) is 12.0. The Hall–Kier alpha value is -2.82. The summed E-state index contributed by atoms with van der Waals surface area (Å²) in [5.74, 6) is 0.0454. The molecule has 1 aliphatic rings. The lowest BCUT2D eigenvalue weighted by Gasteiger charge is -2.24. The molecule has 0 saturated carbocycles. The first kappa shape index (κ1) is 17.0. The molecule has 0 spiro atoms. The molecule has 0 aromatic heterocycles. The van der Waals surface area contributed by atoms with Gasteiger partial charge in [-0.1, -0.05) is 18.2 Å². The van der Waals surface area contributed by atoms with E-state index in [9.17, 15) is 9.59 Å². The molecule has 0 fully saturated rings. The number of carbonyl (C=O) groups excluding carboxylic acids is 2. The fourth-order valence-corrected chi connectivity index (χ4v) is 2.99. The fourth-order valence-electron chi connectivity index (χ4n) is 2.99. The number of aryl methyl sites for hydroxylation is 1. The number of hydrogen-bond donors (Lipinski definition) is 1. The summed E-state index contributed by atoms with van der Waals surface area (Å²) >= 11 is 0. The molecule has 0 aliphatic carbocycles. The predicted octanol–water partition coefficient (Wildman–Crippen LogP) is 3.28. The molecule has 130 valence electrons. The molecule has 5 nitrogen and oxygen atoms in total. The van der Waals surface area contributed by atoms with Crippen LogP contribution in [0.25, 0.3) is 0 Å². The fraction of sp³-hybridized carbons (Fsp3) is 0.300. The smallest absolute Gasteiger partial charge is 0.338 e. The first-order valence-electron chi connectivity index (χ1n) is 8.20. The van der Waals surface area contributed by atoms with E-state index in [0.717, 1.165) is 22.4 Å². The molecule has 2 aromatic carbocycles. The zero-order valence-electron chi connectivity index (χ0n) is 14.6. The number of benzene rings is 2. The molecule has 1 heterocycles. The van der Waals surface area contributed by atoms with Crippen LogP contribution < -0.4 is 10.1 Å². The minimum absolute atomic E-state index is 0.117. The molecule has 0 radical (unpaired) electrons. The van der Waals surface area contributed by atoms with Crippen LogP contribution in [-0.4, -0.2) is 25.6 Å². The van der Waals surface area contributed by atoms with Gasteiger partial charge in [-0.05, 0) is 55.2 Å². The van der Waals surface area contributed by atoms with Crippen LogP contribution in [0.15, 0.2) is 36.4 Å². The van der Waals surface area contributed by atoms with E-state index < -0.39 is 5.97 Å². The van der Waals surface area contributed by atoms with E-state index in [0.29, 0.717) is 24.3 Å². The summed E-state index contributed by atoms with van der Waals surface area (Å²) < 4.78 is 10.5. The molecule has 25 heavy (non-hydrogen) atoms. The van der Waals surface area contributed by atoms with Gasteiger partial charge in [-0.3, -0.25) is 4.79 Å². The Labute approximate surface area is 147 Å². The summed E-state index contributed by atoms with van der Waals surface area (Å²) in [6.07, 6.45) is 0.636. The molecule has 1 atom stereocenters. The van der Waals surface area contributed by atoms with Crippen LogP contribution >= 0.6 is 0 Å². The quantitative estimate of drug-likeness (QED) is 0.872. The van der Waals surface area contributed by atoms with Crippen LogP contribution in [0.1, 0.15) is 27.0 Å². The third-order valence-electron chi connectivity index (χ3n) is 4.59. The van der Waals surface area contributed by atoms with Gasteiger partial charge in [0, 0.05) is 5.69 Å². The average Bonchev–Trinajstić information content (AvgIpc) is 2.63. The highest BCUT2D eigenvalue weighted by Gasteiger charge is 2.26. The van der Waals surface area contributed by atoms with Gasteiger partial charge < -0.3 is 14.8 Å². The number of amides is 1. The summed E-state index contributed by atoms with van der Waals surface area (Å²) in [5, 5.41) is 2.90. The van der Waals surface area contributed by atoms with Crippen LogP contribution in [0.2, 0.25) is 0 Å². The Morgan fingerprint density at radius 2 is 1.96 bits per heavy atom. The maximum Gasteiger partial charge on any atom is 0.338 e. The maximum atomic E-state index is 12.6. The van der Waals surface area contributed by atoms with Crippen LogP contribution in [0.5, 0.6) is 5.75 Å². The Balaban J connectivity index is 1.78. The van der Waals surface area contributed by atoms with Crippen molar-refractivity contribution in [2.24, 2.45) is 5.92 Å². The number of anilines is 1. The summed E-state index contributed by atoms with van der Waals surface area (Å²) in [7, 11) is 1.35. The van der Waals surface area contributed by atoms with Crippen molar-refractivity contribution in [2.45, 2.75) is 20.3 Å². The van der Waals surface area contributed by atoms with Crippen molar-refractivity contribution >= 4 is 17.6 Å². The predicted molar refractivity (Wildman–Crippen MR) is 95.0 cm³/mol. The standard InChI is InChI=1S/C20H21NO4/c1-12-8-16(10-17(13(12)2)20(23)24-3)21-19(22)15-9-14-6-4-5-7-18(14)25-11-15/h4-8,10,15H,9,11H2,1-3H3,(H,21,22). The topological polar surface area (TPSA) is 64.6 Å². The Morgan fingerprint density at radius 1 is 1.20 bits per heavy atom. The van der Waals surface area contributed by atoms with Crippen molar-refractivity contribution in [1.82, 2.24) is 0 Å². The summed E-state index contributed by atoms with van der Waals surface area (Å²) in [4.78, 5) is 24.5. The van der Waals surface area contributed by atoms with E-state index in [2.05, 4.69) is 5.32 Å². The third kappa shape index (κ3) is 3.50. The summed E-state index contributed by atoms with van der Waals surface area (Å²) in [6, 6.07) is 11.3. The molecule has 1 N–H and O–H groups in total. The van der Waals surface area contributed by atoms with Crippen molar-refractivity contribution in [3.8, 4) is 5.75 Å². The molecule has 1 amide bonds. The van der Waals surface area contributed by atoms with Gasteiger partial charge in [0.15, 0.2) is 0 Å². The van der Waals surface area contributed by atoms with Crippen LogP contribution in [0.3, 0.4) is 0 Å². The van der Waals surface area contributed by atoms with Gasteiger partial charge in [-0.2, -0.15) is 0 Å². The van der Waals surface area contributed by atoms with Gasteiger partial charge in [0.1, 0.15) is 12.4 Å². The zero-order valence-corrected chi connectivity index (χ0v) is 14.6. The lowest BCUT2D eigenvalue weighted by atomic mass is 9.95. The largest absolute Gasteiger partial charge is 0.492 e. The van der Waals surface area contributed by atoms with Gasteiger partial charge in [-0.25, -0.2) is 4.79 Å². The van der Waals surface area contributed by atoms with E-state index >= 15 is 0 Å². The minimum atomic E-state index is -0.411. The number of methoxy groups -OCH3 is 1. The number of rotatable bonds is 3. The van der Waals surface area contributed by atoms with Crippen LogP contribution in [0.4, 0.5) is 5.69 Å². The second-order valence-corrected chi connectivity index (χ2v) is 6.27. The molecule has 2 aromatic rings. The molecule has 1 aliphatic heterocycles. The Morgan fingerprint density at radius 3 is 2.72 bits per heavy atom. The monoisotopic (exact) mass is 339 g/mol. The van der Waals surface area contributed by atoms with Crippen molar-refractivity contribution in [1.29, 1.82) is 0 Å². The van der Waals surface area contributed by atoms with Gasteiger partial charge in [0.05, 0.1) is 18.6 Å².